The van der Waals surface area contributed by atoms with E-state index in [0.29, 0.717) is 6.42 Å². The summed E-state index contributed by atoms with van der Waals surface area (Å²) < 4.78 is 0. The molecule has 0 aliphatic heterocycles. The summed E-state index contributed by atoms with van der Waals surface area (Å²) in [6.07, 6.45) is 2.91. The fourth-order valence-electron chi connectivity index (χ4n) is 0.715. The van der Waals surface area contributed by atoms with E-state index in [2.05, 4.69) is 9.97 Å². The first-order valence-corrected chi connectivity index (χ1v) is 3.09. The molecule has 4 heteroatoms. The van der Waals surface area contributed by atoms with Crippen molar-refractivity contribution in [3.05, 3.63) is 18.2 Å². The number of H-pyrrole nitrogens is 1. The van der Waals surface area contributed by atoms with E-state index in [1.807, 2.05) is 0 Å². The van der Waals surface area contributed by atoms with Crippen LogP contribution in [0.2, 0.25) is 0 Å². The predicted molar refractivity (Wildman–Crippen MR) is 35.4 cm³/mol. The van der Waals surface area contributed by atoms with Crippen LogP contribution in [0.5, 0.6) is 0 Å². The summed E-state index contributed by atoms with van der Waals surface area (Å²) in [5.41, 5.74) is 0.835. The maximum atomic E-state index is 8.93. The molecule has 56 valence electrons. The van der Waals surface area contributed by atoms with Gasteiger partial charge in [0.15, 0.2) is 0 Å². The summed E-state index contributed by atoms with van der Waals surface area (Å²) >= 11 is 0. The fraction of sp³-hybridized carbons (Fsp3) is 0.500. The Bertz CT molecular complexity index is 174. The molecule has 0 spiro atoms. The average molecular weight is 142 g/mol. The predicted octanol–water partition coefficient (Wildman–Crippen LogP) is -0.695. The number of hydrogen-bond donors (Lipinski definition) is 3. The SMILES string of the molecule is OCC(O)Cc1cnc[nH]1. The van der Waals surface area contributed by atoms with E-state index in [1.54, 1.807) is 12.5 Å². The van der Waals surface area contributed by atoms with Gasteiger partial charge < -0.3 is 15.2 Å². The van der Waals surface area contributed by atoms with Crippen LogP contribution in [-0.4, -0.2) is 32.9 Å². The lowest BCUT2D eigenvalue weighted by molar-refractivity contribution is 0.0948. The van der Waals surface area contributed by atoms with Gasteiger partial charge in [0, 0.05) is 18.3 Å². The van der Waals surface area contributed by atoms with Crippen molar-refractivity contribution in [1.29, 1.82) is 0 Å². The molecular formula is C6H10N2O2. The van der Waals surface area contributed by atoms with Crippen LogP contribution in [0.4, 0.5) is 0 Å². The summed E-state index contributed by atoms with van der Waals surface area (Å²) in [4.78, 5) is 6.58. The first-order valence-electron chi connectivity index (χ1n) is 3.09. The quantitative estimate of drug-likeness (QED) is 0.523. The number of aliphatic hydroxyl groups is 2. The standard InChI is InChI=1S/C6H10N2O2/c9-3-6(10)1-5-2-7-4-8-5/h2,4,6,9-10H,1,3H2,(H,7,8). The number of aromatic nitrogens is 2. The normalized spacial score (nSPS) is 13.4. The molecule has 0 saturated heterocycles. The summed E-state index contributed by atoms with van der Waals surface area (Å²) in [6.45, 7) is -0.209. The maximum Gasteiger partial charge on any atom is 0.0921 e. The third-order valence-corrected chi connectivity index (χ3v) is 1.22. The molecule has 1 aromatic heterocycles. The van der Waals surface area contributed by atoms with Crippen molar-refractivity contribution in [3.63, 3.8) is 0 Å². The van der Waals surface area contributed by atoms with Gasteiger partial charge in [0.2, 0.25) is 0 Å². The average Bonchev–Trinajstić information content (AvgIpc) is 2.40. The smallest absolute Gasteiger partial charge is 0.0921 e. The first-order chi connectivity index (χ1) is 4.83. The van der Waals surface area contributed by atoms with Crippen LogP contribution in [0.25, 0.3) is 0 Å². The van der Waals surface area contributed by atoms with Gasteiger partial charge in [0.1, 0.15) is 0 Å². The molecule has 1 atom stereocenters. The van der Waals surface area contributed by atoms with Gasteiger partial charge in [-0.1, -0.05) is 0 Å². The van der Waals surface area contributed by atoms with E-state index >= 15 is 0 Å². The Morgan fingerprint density at radius 2 is 2.50 bits per heavy atom. The van der Waals surface area contributed by atoms with Crippen LogP contribution in [0.15, 0.2) is 12.5 Å². The van der Waals surface area contributed by atoms with Gasteiger partial charge in [-0.25, -0.2) is 4.98 Å². The van der Waals surface area contributed by atoms with Crippen molar-refractivity contribution < 1.29 is 10.2 Å². The zero-order valence-corrected chi connectivity index (χ0v) is 5.49. The Balaban J connectivity index is 2.40. The maximum absolute atomic E-state index is 8.93. The lowest BCUT2D eigenvalue weighted by atomic mass is 10.2. The van der Waals surface area contributed by atoms with Crippen molar-refractivity contribution in [2.24, 2.45) is 0 Å². The van der Waals surface area contributed by atoms with Gasteiger partial charge in [0.05, 0.1) is 19.0 Å². The second kappa shape index (κ2) is 3.34. The van der Waals surface area contributed by atoms with E-state index in [9.17, 15) is 0 Å². The van der Waals surface area contributed by atoms with E-state index in [0.717, 1.165) is 5.69 Å². The number of imidazole rings is 1. The molecule has 0 aliphatic carbocycles. The third kappa shape index (κ3) is 1.82. The Morgan fingerprint density at radius 1 is 1.70 bits per heavy atom. The van der Waals surface area contributed by atoms with E-state index < -0.39 is 6.10 Å². The Morgan fingerprint density at radius 3 is 3.00 bits per heavy atom. The highest BCUT2D eigenvalue weighted by atomic mass is 16.3. The molecule has 10 heavy (non-hydrogen) atoms. The molecule has 1 heterocycles. The highest BCUT2D eigenvalue weighted by molar-refractivity contribution is 4.95. The van der Waals surface area contributed by atoms with Crippen LogP contribution in [0.1, 0.15) is 5.69 Å². The van der Waals surface area contributed by atoms with Crippen LogP contribution < -0.4 is 0 Å². The highest BCUT2D eigenvalue weighted by Crippen LogP contribution is 1.96. The van der Waals surface area contributed by atoms with Crippen molar-refractivity contribution >= 4 is 0 Å². The second-order valence-electron chi connectivity index (χ2n) is 2.12. The number of hydrogen-bond acceptors (Lipinski definition) is 3. The lowest BCUT2D eigenvalue weighted by Gasteiger charge is -2.02. The van der Waals surface area contributed by atoms with Gasteiger partial charge in [-0.2, -0.15) is 0 Å². The highest BCUT2D eigenvalue weighted by Gasteiger charge is 2.03. The molecule has 0 aromatic carbocycles. The number of nitrogens with zero attached hydrogens (tertiary/aromatic N) is 1. The molecule has 0 radical (unpaired) electrons. The number of aliphatic hydroxyl groups excluding tert-OH is 2. The Labute approximate surface area is 58.5 Å². The summed E-state index contributed by atoms with van der Waals surface area (Å²) in [7, 11) is 0. The molecule has 3 N–H and O–H groups in total. The Kier molecular flexibility index (Phi) is 2.42. The molecule has 1 rings (SSSR count). The van der Waals surface area contributed by atoms with Crippen LogP contribution >= 0.6 is 0 Å². The topological polar surface area (TPSA) is 69.1 Å². The number of rotatable bonds is 3. The summed E-state index contributed by atoms with van der Waals surface area (Å²) in [6, 6.07) is 0. The van der Waals surface area contributed by atoms with Crippen molar-refractivity contribution in [2.75, 3.05) is 6.61 Å². The molecule has 4 nitrogen and oxygen atoms in total. The third-order valence-electron chi connectivity index (χ3n) is 1.22. The van der Waals surface area contributed by atoms with E-state index in [4.69, 9.17) is 10.2 Å². The lowest BCUT2D eigenvalue weighted by Crippen LogP contribution is -2.15. The largest absolute Gasteiger partial charge is 0.394 e. The van der Waals surface area contributed by atoms with Crippen molar-refractivity contribution in [1.82, 2.24) is 9.97 Å². The minimum Gasteiger partial charge on any atom is -0.394 e. The summed E-state index contributed by atoms with van der Waals surface area (Å²) in [5.74, 6) is 0. The van der Waals surface area contributed by atoms with Crippen LogP contribution in [0, 0.1) is 0 Å². The van der Waals surface area contributed by atoms with Crippen LogP contribution in [-0.2, 0) is 6.42 Å². The molecule has 1 aromatic rings. The number of nitrogens with one attached hydrogen (secondary N) is 1. The molecule has 0 fully saturated rings. The van der Waals surface area contributed by atoms with Gasteiger partial charge in [-0.15, -0.1) is 0 Å². The van der Waals surface area contributed by atoms with Crippen molar-refractivity contribution in [3.8, 4) is 0 Å². The second-order valence-corrected chi connectivity index (χ2v) is 2.12. The summed E-state index contributed by atoms with van der Waals surface area (Å²) in [5, 5.41) is 17.4. The van der Waals surface area contributed by atoms with Gasteiger partial charge in [0.25, 0.3) is 0 Å². The zero-order valence-electron chi connectivity index (χ0n) is 5.49. The molecular weight excluding hydrogens is 132 g/mol. The van der Waals surface area contributed by atoms with Crippen molar-refractivity contribution in [2.45, 2.75) is 12.5 Å². The molecule has 0 bridgehead atoms. The van der Waals surface area contributed by atoms with Gasteiger partial charge >= 0.3 is 0 Å². The zero-order chi connectivity index (χ0) is 7.40. The van der Waals surface area contributed by atoms with E-state index in [1.165, 1.54) is 0 Å². The monoisotopic (exact) mass is 142 g/mol. The molecule has 0 aliphatic rings. The molecule has 0 saturated carbocycles. The minimum absolute atomic E-state index is 0.209. The van der Waals surface area contributed by atoms with Crippen LogP contribution in [0.3, 0.4) is 0 Å². The molecule has 0 amide bonds. The minimum atomic E-state index is -0.680. The van der Waals surface area contributed by atoms with Gasteiger partial charge in [-0.3, -0.25) is 0 Å². The fourth-order valence-corrected chi connectivity index (χ4v) is 0.715. The molecule has 1 unspecified atom stereocenters. The first kappa shape index (κ1) is 7.24. The Hall–Kier alpha value is -0.870. The van der Waals surface area contributed by atoms with E-state index in [-0.39, 0.29) is 6.61 Å². The van der Waals surface area contributed by atoms with Gasteiger partial charge in [-0.05, 0) is 0 Å². The number of aromatic amines is 1.